The third-order valence-electron chi connectivity index (χ3n) is 10.3. The Morgan fingerprint density at radius 3 is 2.57 bits per heavy atom. The first kappa shape index (κ1) is 29.4. The normalized spacial score (nSPS) is 29.6. The number of carbonyl (C=O) groups excluding carboxylic acids is 1. The molecule has 5 saturated heterocycles. The molecule has 0 saturated carbocycles. The number of nitrogens with zero attached hydrogens (tertiary/aromatic N) is 4. The Morgan fingerprint density at radius 2 is 1.87 bits per heavy atom. The number of aromatic nitrogens is 2. The largest absolute Gasteiger partial charge is 0.573 e. The highest BCUT2D eigenvalue weighted by Crippen LogP contribution is 2.49. The van der Waals surface area contributed by atoms with Crippen molar-refractivity contribution in [1.29, 1.82) is 0 Å². The summed E-state index contributed by atoms with van der Waals surface area (Å²) in [6, 6.07) is 1.75. The van der Waals surface area contributed by atoms with Crippen LogP contribution in [-0.2, 0) is 4.79 Å². The standard InChI is InChI=1S/C31H32F5N7O3/c1-12-13(2)38-27-22-21(12)23(33)24(18-6-15(37)7-19(32)26(18)46-31(34,35)36)40-28(22)45-14(3)25-20-4-5-30(41-20,11-43(25)27)29(44)42-9-16-8-17(10-42)39-16/h6-7,14,16-17,20,25,39,41H,4-5,8-11,37H2,1-3H3. The van der Waals surface area contributed by atoms with Crippen molar-refractivity contribution in [2.24, 2.45) is 0 Å². The maximum absolute atomic E-state index is 16.8. The molecule has 3 aromatic rings. The third-order valence-corrected chi connectivity index (χ3v) is 10.3. The van der Waals surface area contributed by atoms with E-state index in [0.29, 0.717) is 61.2 Å². The van der Waals surface area contributed by atoms with E-state index >= 15 is 4.39 Å². The van der Waals surface area contributed by atoms with Gasteiger partial charge in [-0.2, -0.15) is 0 Å². The lowest BCUT2D eigenvalue weighted by Gasteiger charge is -2.52. The predicted molar refractivity (Wildman–Crippen MR) is 157 cm³/mol. The van der Waals surface area contributed by atoms with E-state index in [2.05, 4.69) is 20.4 Å². The third kappa shape index (κ3) is 4.30. The lowest BCUT2D eigenvalue weighted by molar-refractivity contribution is -0.275. The fourth-order valence-corrected chi connectivity index (χ4v) is 8.22. The number of pyridine rings is 2. The second kappa shape index (κ2) is 9.77. The maximum Gasteiger partial charge on any atom is 0.573 e. The van der Waals surface area contributed by atoms with Crippen LogP contribution in [0.2, 0.25) is 0 Å². The number of hydrogen-bond donors (Lipinski definition) is 3. The lowest BCUT2D eigenvalue weighted by Crippen LogP contribution is -2.75. The van der Waals surface area contributed by atoms with Crippen molar-refractivity contribution in [3.8, 4) is 22.9 Å². The van der Waals surface area contributed by atoms with Crippen LogP contribution in [0.4, 0.5) is 33.5 Å². The molecule has 0 aliphatic carbocycles. The van der Waals surface area contributed by atoms with Crippen LogP contribution in [0.3, 0.4) is 0 Å². The molecule has 6 atom stereocenters. The molecule has 244 valence electrons. The Morgan fingerprint density at radius 1 is 1.15 bits per heavy atom. The molecular weight excluding hydrogens is 613 g/mol. The Labute approximate surface area is 260 Å². The average Bonchev–Trinajstić information content (AvgIpc) is 3.27. The molecule has 2 aromatic heterocycles. The SMILES string of the molecule is Cc1nc2c3c(nc(-c4cc(N)cc(F)c4OC(F)(F)F)c(F)c3c1C)OC(C)C1C3CCC(C(=O)N4CC5CC(C4)N5)(CN21)N3. The Balaban J connectivity index is 1.29. The number of nitrogens with two attached hydrogens (primary N) is 1. The number of piperazine rings is 2. The highest BCUT2D eigenvalue weighted by atomic mass is 19.4. The van der Waals surface area contributed by atoms with Crippen molar-refractivity contribution in [1.82, 2.24) is 25.5 Å². The number of ether oxygens (including phenoxy) is 2. The number of halogens is 5. The lowest BCUT2D eigenvalue weighted by atomic mass is 9.87. The van der Waals surface area contributed by atoms with Crippen molar-refractivity contribution in [2.45, 2.75) is 82.2 Å². The van der Waals surface area contributed by atoms with Gasteiger partial charge in [-0.05, 0) is 51.7 Å². The molecule has 6 aliphatic rings. The minimum Gasteiger partial charge on any atom is -0.472 e. The first-order chi connectivity index (χ1) is 21.7. The summed E-state index contributed by atoms with van der Waals surface area (Å²) in [4.78, 5) is 27.4. The summed E-state index contributed by atoms with van der Waals surface area (Å²) in [5.74, 6) is -3.34. The second-order valence-electron chi connectivity index (χ2n) is 13.2. The summed E-state index contributed by atoms with van der Waals surface area (Å²) in [6.07, 6.45) is -3.47. The van der Waals surface area contributed by atoms with E-state index in [0.717, 1.165) is 12.5 Å². The van der Waals surface area contributed by atoms with E-state index < -0.39 is 46.6 Å². The molecule has 6 aliphatic heterocycles. The van der Waals surface area contributed by atoms with Crippen LogP contribution in [0.5, 0.6) is 11.6 Å². The summed E-state index contributed by atoms with van der Waals surface area (Å²) < 4.78 is 82.2. The fraction of sp³-hybridized carbons (Fsp3) is 0.516. The number of amides is 1. The van der Waals surface area contributed by atoms with E-state index in [-0.39, 0.29) is 46.9 Å². The van der Waals surface area contributed by atoms with Crippen LogP contribution in [-0.4, -0.2) is 82.6 Å². The van der Waals surface area contributed by atoms with Gasteiger partial charge >= 0.3 is 6.36 Å². The highest BCUT2D eigenvalue weighted by Gasteiger charge is 2.58. The zero-order chi connectivity index (χ0) is 32.4. The molecule has 6 unspecified atom stereocenters. The molecule has 10 nitrogen and oxygen atoms in total. The topological polar surface area (TPSA) is 118 Å². The Hall–Kier alpha value is -3.98. The van der Waals surface area contributed by atoms with E-state index in [1.807, 2.05) is 16.7 Å². The quantitative estimate of drug-likeness (QED) is 0.290. The van der Waals surface area contributed by atoms with E-state index in [1.165, 1.54) is 0 Å². The zero-order valence-corrected chi connectivity index (χ0v) is 25.3. The Bertz CT molecular complexity index is 1810. The number of aryl methyl sites for hydroxylation is 2. The minimum absolute atomic E-state index is 0.0181. The average molecular weight is 646 g/mol. The Kier molecular flexibility index (Phi) is 6.25. The van der Waals surface area contributed by atoms with Crippen LogP contribution in [0.15, 0.2) is 12.1 Å². The number of nitrogens with one attached hydrogen (secondary N) is 2. The maximum atomic E-state index is 16.8. The molecular formula is C31H32F5N7O3. The number of alkyl halides is 3. The summed E-state index contributed by atoms with van der Waals surface area (Å²) in [7, 11) is 0. The van der Waals surface area contributed by atoms with Crippen LogP contribution in [0.25, 0.3) is 22.0 Å². The van der Waals surface area contributed by atoms with Gasteiger partial charge in [0.05, 0.1) is 17.0 Å². The predicted octanol–water partition coefficient (Wildman–Crippen LogP) is 3.71. The van der Waals surface area contributed by atoms with Gasteiger partial charge in [0, 0.05) is 60.6 Å². The number of carbonyl (C=O) groups is 1. The smallest absolute Gasteiger partial charge is 0.472 e. The highest BCUT2D eigenvalue weighted by molar-refractivity contribution is 6.02. The number of fused-ring (bicyclic) bond motifs is 7. The molecule has 46 heavy (non-hydrogen) atoms. The van der Waals surface area contributed by atoms with Gasteiger partial charge in [-0.3, -0.25) is 10.1 Å². The van der Waals surface area contributed by atoms with Gasteiger partial charge in [0.2, 0.25) is 11.8 Å². The van der Waals surface area contributed by atoms with Crippen LogP contribution < -0.4 is 30.7 Å². The summed E-state index contributed by atoms with van der Waals surface area (Å²) in [5.41, 5.74) is 4.33. The van der Waals surface area contributed by atoms with Gasteiger partial charge in [-0.25, -0.2) is 18.7 Å². The first-order valence-electron chi connectivity index (χ1n) is 15.3. The van der Waals surface area contributed by atoms with Gasteiger partial charge in [-0.15, -0.1) is 13.2 Å². The minimum atomic E-state index is -5.27. The molecule has 4 bridgehead atoms. The first-order valence-corrected chi connectivity index (χ1v) is 15.3. The molecule has 4 N–H and O–H groups in total. The number of rotatable bonds is 3. The van der Waals surface area contributed by atoms with Crippen LogP contribution >= 0.6 is 0 Å². The number of hydrogen-bond acceptors (Lipinski definition) is 9. The monoisotopic (exact) mass is 645 g/mol. The van der Waals surface area contributed by atoms with Gasteiger partial charge < -0.3 is 30.3 Å². The van der Waals surface area contributed by atoms with Crippen molar-refractivity contribution < 1.29 is 36.2 Å². The number of piperidine rings is 1. The van der Waals surface area contributed by atoms with Crippen LogP contribution in [0, 0.1) is 25.5 Å². The van der Waals surface area contributed by atoms with E-state index in [1.54, 1.807) is 13.8 Å². The van der Waals surface area contributed by atoms with Gasteiger partial charge in [-0.1, -0.05) is 0 Å². The second-order valence-corrected chi connectivity index (χ2v) is 13.2. The summed E-state index contributed by atoms with van der Waals surface area (Å²) >= 11 is 0. The molecule has 0 radical (unpaired) electrons. The summed E-state index contributed by atoms with van der Waals surface area (Å²) in [6.45, 7) is 6.72. The van der Waals surface area contributed by atoms with Gasteiger partial charge in [0.25, 0.3) is 0 Å². The molecule has 5 fully saturated rings. The van der Waals surface area contributed by atoms with E-state index in [9.17, 15) is 22.4 Å². The number of anilines is 2. The summed E-state index contributed by atoms with van der Waals surface area (Å²) in [5, 5.41) is 7.34. The van der Waals surface area contributed by atoms with Crippen molar-refractivity contribution in [3.63, 3.8) is 0 Å². The van der Waals surface area contributed by atoms with Crippen LogP contribution in [0.1, 0.15) is 37.4 Å². The zero-order valence-electron chi connectivity index (χ0n) is 25.3. The van der Waals surface area contributed by atoms with Gasteiger partial charge in [0.1, 0.15) is 23.2 Å². The van der Waals surface area contributed by atoms with Crippen molar-refractivity contribution in [2.75, 3.05) is 30.3 Å². The molecule has 1 aromatic carbocycles. The fourth-order valence-electron chi connectivity index (χ4n) is 8.22. The number of nitrogen functional groups attached to an aromatic ring is 1. The van der Waals surface area contributed by atoms with E-state index in [4.69, 9.17) is 15.5 Å². The van der Waals surface area contributed by atoms with Crippen molar-refractivity contribution >= 4 is 28.2 Å². The molecule has 15 heteroatoms. The van der Waals surface area contributed by atoms with Crippen molar-refractivity contribution in [3.05, 3.63) is 35.0 Å². The number of benzene rings is 1. The molecule has 8 heterocycles. The van der Waals surface area contributed by atoms with Gasteiger partial charge in [0.15, 0.2) is 17.4 Å². The molecule has 9 rings (SSSR count). The molecule has 1 amide bonds. The molecule has 0 spiro atoms.